The Hall–Kier alpha value is -1.57. The molecular formula is C13H17N2OP. The van der Waals surface area contributed by atoms with Crippen LogP contribution in [0.5, 0.6) is 0 Å². The van der Waals surface area contributed by atoms with Crippen molar-refractivity contribution in [2.45, 2.75) is 0 Å². The number of benzene rings is 2. The van der Waals surface area contributed by atoms with Crippen LogP contribution in [0.1, 0.15) is 0 Å². The summed E-state index contributed by atoms with van der Waals surface area (Å²) < 4.78 is 0. The van der Waals surface area contributed by atoms with Crippen LogP contribution in [0.2, 0.25) is 0 Å². The predicted molar refractivity (Wildman–Crippen MR) is 77.4 cm³/mol. The highest BCUT2D eigenvalue weighted by Crippen LogP contribution is 2.29. The summed E-state index contributed by atoms with van der Waals surface area (Å²) in [5, 5.41) is 2.56. The molecule has 0 amide bonds. The second kappa shape index (κ2) is 5.67. The molecule has 17 heavy (non-hydrogen) atoms. The van der Waals surface area contributed by atoms with Gasteiger partial charge in [-0.15, -0.1) is 0 Å². The van der Waals surface area contributed by atoms with E-state index < -0.39 is 0 Å². The van der Waals surface area contributed by atoms with Crippen molar-refractivity contribution in [3.63, 3.8) is 0 Å². The van der Waals surface area contributed by atoms with Crippen LogP contribution in [0.4, 0.5) is 11.4 Å². The Morgan fingerprint density at radius 1 is 0.824 bits per heavy atom. The van der Waals surface area contributed by atoms with Crippen molar-refractivity contribution in [2.24, 2.45) is 0 Å². The van der Waals surface area contributed by atoms with Gasteiger partial charge in [0.25, 0.3) is 0 Å². The highest BCUT2D eigenvalue weighted by Gasteiger charge is 2.07. The number of anilines is 2. The molecule has 2 aromatic carbocycles. The van der Waals surface area contributed by atoms with Crippen LogP contribution in [-0.4, -0.2) is 12.1 Å². The summed E-state index contributed by atoms with van der Waals surface area (Å²) in [5.41, 5.74) is 13.2. The Labute approximate surface area is 103 Å². The molecular weight excluding hydrogens is 231 g/mol. The van der Waals surface area contributed by atoms with Gasteiger partial charge in [-0.3, -0.25) is 0 Å². The molecule has 0 unspecified atom stereocenters. The van der Waals surface area contributed by atoms with Gasteiger partial charge in [0.1, 0.15) is 0 Å². The first-order valence-electron chi connectivity index (χ1n) is 5.11. The minimum absolute atomic E-state index is 0. The molecule has 90 valence electrons. The lowest BCUT2D eigenvalue weighted by Crippen LogP contribution is -2.11. The van der Waals surface area contributed by atoms with Crippen molar-refractivity contribution in [1.29, 1.82) is 0 Å². The Kier molecular flexibility index (Phi) is 4.50. The molecule has 0 aliphatic rings. The molecule has 4 heteroatoms. The average Bonchev–Trinajstić information content (AvgIpc) is 2.28. The van der Waals surface area contributed by atoms with E-state index in [9.17, 15) is 0 Å². The SMILES string of the molecule is CP(c1cccc(N)c1)c1cccc(N)c1.O. The summed E-state index contributed by atoms with van der Waals surface area (Å²) in [5.74, 6) is 0. The van der Waals surface area contributed by atoms with E-state index in [1.54, 1.807) is 0 Å². The van der Waals surface area contributed by atoms with E-state index in [0.717, 1.165) is 11.4 Å². The van der Waals surface area contributed by atoms with Crippen molar-refractivity contribution >= 4 is 29.9 Å². The van der Waals surface area contributed by atoms with E-state index in [4.69, 9.17) is 11.5 Å². The Balaban J connectivity index is 0.00000144. The Bertz CT molecular complexity index is 457. The highest BCUT2D eigenvalue weighted by molar-refractivity contribution is 7.72. The lowest BCUT2D eigenvalue weighted by Gasteiger charge is -2.13. The molecule has 0 saturated heterocycles. The first-order valence-corrected chi connectivity index (χ1v) is 6.90. The zero-order chi connectivity index (χ0) is 11.5. The van der Waals surface area contributed by atoms with Crippen LogP contribution in [0.25, 0.3) is 0 Å². The lowest BCUT2D eigenvalue weighted by molar-refractivity contribution is 0.824. The first-order chi connectivity index (χ1) is 7.66. The zero-order valence-corrected chi connectivity index (χ0v) is 10.6. The van der Waals surface area contributed by atoms with E-state index in [0.29, 0.717) is 0 Å². The molecule has 0 aliphatic heterocycles. The number of hydrogen-bond donors (Lipinski definition) is 2. The van der Waals surface area contributed by atoms with Crippen LogP contribution in [0, 0.1) is 0 Å². The van der Waals surface area contributed by atoms with Crippen molar-refractivity contribution in [1.82, 2.24) is 0 Å². The molecule has 2 aromatic rings. The van der Waals surface area contributed by atoms with E-state index in [1.165, 1.54) is 10.6 Å². The minimum atomic E-state index is -0.363. The van der Waals surface area contributed by atoms with Crippen LogP contribution >= 0.6 is 7.92 Å². The van der Waals surface area contributed by atoms with E-state index >= 15 is 0 Å². The van der Waals surface area contributed by atoms with Gasteiger partial charge in [-0.25, -0.2) is 0 Å². The predicted octanol–water partition coefficient (Wildman–Crippen LogP) is 1.09. The third-order valence-electron chi connectivity index (χ3n) is 2.52. The summed E-state index contributed by atoms with van der Waals surface area (Å²) in [6.45, 7) is 2.22. The Morgan fingerprint density at radius 2 is 1.24 bits per heavy atom. The summed E-state index contributed by atoms with van der Waals surface area (Å²) in [6.07, 6.45) is 0. The fourth-order valence-corrected chi connectivity index (χ4v) is 3.22. The van der Waals surface area contributed by atoms with Gasteiger partial charge in [0.15, 0.2) is 0 Å². The molecule has 6 N–H and O–H groups in total. The third kappa shape index (κ3) is 3.19. The molecule has 3 nitrogen and oxygen atoms in total. The number of rotatable bonds is 2. The van der Waals surface area contributed by atoms with E-state index in [-0.39, 0.29) is 13.4 Å². The maximum absolute atomic E-state index is 5.79. The van der Waals surface area contributed by atoms with Crippen molar-refractivity contribution in [2.75, 3.05) is 18.1 Å². The molecule has 0 fully saturated rings. The van der Waals surface area contributed by atoms with Gasteiger partial charge >= 0.3 is 0 Å². The second-order valence-electron chi connectivity index (χ2n) is 3.75. The molecule has 0 aliphatic carbocycles. The fourth-order valence-electron chi connectivity index (χ4n) is 1.62. The molecule has 0 heterocycles. The third-order valence-corrected chi connectivity index (χ3v) is 4.62. The van der Waals surface area contributed by atoms with Crippen molar-refractivity contribution < 1.29 is 5.48 Å². The maximum atomic E-state index is 5.79. The molecule has 0 radical (unpaired) electrons. The van der Waals surface area contributed by atoms with Gasteiger partial charge in [-0.05, 0) is 49.5 Å². The quantitative estimate of drug-likeness (QED) is 0.616. The highest BCUT2D eigenvalue weighted by atomic mass is 31.1. The van der Waals surface area contributed by atoms with E-state index in [2.05, 4.69) is 18.8 Å². The largest absolute Gasteiger partial charge is 0.412 e. The average molecular weight is 248 g/mol. The van der Waals surface area contributed by atoms with Crippen molar-refractivity contribution in [3.8, 4) is 0 Å². The summed E-state index contributed by atoms with van der Waals surface area (Å²) >= 11 is 0. The van der Waals surface area contributed by atoms with Gasteiger partial charge in [0.05, 0.1) is 0 Å². The van der Waals surface area contributed by atoms with E-state index in [1.807, 2.05) is 36.4 Å². The van der Waals surface area contributed by atoms with Gasteiger partial charge in [-0.2, -0.15) is 0 Å². The number of nitrogens with two attached hydrogens (primary N) is 2. The van der Waals surface area contributed by atoms with Crippen LogP contribution < -0.4 is 22.1 Å². The number of hydrogen-bond acceptors (Lipinski definition) is 2. The van der Waals surface area contributed by atoms with Gasteiger partial charge in [-0.1, -0.05) is 24.3 Å². The topological polar surface area (TPSA) is 83.5 Å². The van der Waals surface area contributed by atoms with Crippen LogP contribution in [-0.2, 0) is 0 Å². The van der Waals surface area contributed by atoms with Crippen molar-refractivity contribution in [3.05, 3.63) is 48.5 Å². The van der Waals surface area contributed by atoms with Crippen LogP contribution in [0.15, 0.2) is 48.5 Å². The van der Waals surface area contributed by atoms with Gasteiger partial charge < -0.3 is 16.9 Å². The molecule has 0 bridgehead atoms. The normalized spacial score (nSPS) is 10.0. The molecule has 0 spiro atoms. The molecule has 0 saturated carbocycles. The summed E-state index contributed by atoms with van der Waals surface area (Å²) in [4.78, 5) is 0. The Morgan fingerprint density at radius 3 is 1.59 bits per heavy atom. The first kappa shape index (κ1) is 13.5. The molecule has 0 aromatic heterocycles. The smallest absolute Gasteiger partial charge is 0.0320 e. The molecule has 0 atom stereocenters. The minimum Gasteiger partial charge on any atom is -0.412 e. The zero-order valence-electron chi connectivity index (χ0n) is 9.72. The number of nitrogen functional groups attached to an aromatic ring is 2. The fraction of sp³-hybridized carbons (Fsp3) is 0.0769. The monoisotopic (exact) mass is 248 g/mol. The van der Waals surface area contributed by atoms with Gasteiger partial charge in [0.2, 0.25) is 0 Å². The van der Waals surface area contributed by atoms with Gasteiger partial charge in [0, 0.05) is 11.4 Å². The summed E-state index contributed by atoms with van der Waals surface area (Å²) in [6, 6.07) is 16.1. The van der Waals surface area contributed by atoms with Crippen LogP contribution in [0.3, 0.4) is 0 Å². The molecule has 2 rings (SSSR count). The maximum Gasteiger partial charge on any atom is 0.0320 e. The standard InChI is InChI=1S/C13H15N2P.H2O/c1-16(12-6-2-4-10(14)8-12)13-7-3-5-11(15)9-13;/h2-9H,14-15H2,1H3;1H2. The lowest BCUT2D eigenvalue weighted by atomic mass is 10.3. The second-order valence-corrected chi connectivity index (χ2v) is 5.90. The summed E-state index contributed by atoms with van der Waals surface area (Å²) in [7, 11) is -0.363.